The van der Waals surface area contributed by atoms with Crippen molar-refractivity contribution in [2.24, 2.45) is 0 Å². The lowest BCUT2D eigenvalue weighted by Gasteiger charge is -2.31. The molecule has 0 unspecified atom stereocenters. The predicted octanol–water partition coefficient (Wildman–Crippen LogP) is -1.35. The van der Waals surface area contributed by atoms with Crippen LogP contribution in [0.5, 0.6) is 0 Å². The van der Waals surface area contributed by atoms with Gasteiger partial charge in [0, 0.05) is 13.0 Å². The molecule has 2 atom stereocenters. The van der Waals surface area contributed by atoms with Crippen molar-refractivity contribution in [1.29, 1.82) is 0 Å². The summed E-state index contributed by atoms with van der Waals surface area (Å²) in [5, 5.41) is 20.0. The molecular weight excluding hydrogens is 214 g/mol. The van der Waals surface area contributed by atoms with E-state index < -0.39 is 0 Å². The van der Waals surface area contributed by atoms with Gasteiger partial charge in [0.25, 0.3) is 0 Å². The molecule has 6 heteroatoms. The highest BCUT2D eigenvalue weighted by Crippen LogP contribution is 2.11. The summed E-state index contributed by atoms with van der Waals surface area (Å²) in [5.41, 5.74) is 0. The van der Waals surface area contributed by atoms with Gasteiger partial charge >= 0.3 is 0 Å². The Bertz CT molecular complexity index is 211. The standard InChI is InChI=1S/C10H19NO5/c12-3-1-10(14)11-8-7-15-5-2-9(8)16-6-4-13/h8-9,12-13H,1-7H2,(H,11,14)/t8-,9+/m1/s1. The highest BCUT2D eigenvalue weighted by molar-refractivity contribution is 5.76. The Hall–Kier alpha value is -0.690. The number of ether oxygens (including phenoxy) is 2. The second-order valence-electron chi connectivity index (χ2n) is 3.64. The molecule has 6 nitrogen and oxygen atoms in total. The van der Waals surface area contributed by atoms with Crippen LogP contribution < -0.4 is 5.32 Å². The van der Waals surface area contributed by atoms with Crippen LogP contribution in [-0.4, -0.2) is 61.3 Å². The van der Waals surface area contributed by atoms with Gasteiger partial charge in [-0.2, -0.15) is 0 Å². The van der Waals surface area contributed by atoms with E-state index in [-0.39, 0.29) is 44.3 Å². The van der Waals surface area contributed by atoms with E-state index in [9.17, 15) is 4.79 Å². The van der Waals surface area contributed by atoms with Crippen LogP contribution in [0.3, 0.4) is 0 Å². The average molecular weight is 233 g/mol. The molecule has 0 aromatic rings. The minimum atomic E-state index is -0.212. The van der Waals surface area contributed by atoms with E-state index in [1.807, 2.05) is 0 Å². The first kappa shape index (κ1) is 13.4. The molecule has 1 heterocycles. The van der Waals surface area contributed by atoms with Crippen LogP contribution in [0.1, 0.15) is 12.8 Å². The van der Waals surface area contributed by atoms with Crippen LogP contribution in [0.2, 0.25) is 0 Å². The Balaban J connectivity index is 2.37. The fraction of sp³-hybridized carbons (Fsp3) is 0.900. The maximum Gasteiger partial charge on any atom is 0.222 e. The van der Waals surface area contributed by atoms with E-state index >= 15 is 0 Å². The second kappa shape index (κ2) is 7.56. The number of aliphatic hydroxyl groups is 2. The summed E-state index contributed by atoms with van der Waals surface area (Å²) in [5.74, 6) is -0.212. The molecular formula is C10H19NO5. The molecule has 1 aliphatic rings. The molecule has 0 spiro atoms. The summed E-state index contributed by atoms with van der Waals surface area (Å²) in [6, 6.07) is -0.195. The summed E-state index contributed by atoms with van der Waals surface area (Å²) in [4.78, 5) is 11.3. The van der Waals surface area contributed by atoms with Gasteiger partial charge in [-0.25, -0.2) is 0 Å². The maximum atomic E-state index is 11.3. The number of aliphatic hydroxyl groups excluding tert-OH is 2. The van der Waals surface area contributed by atoms with Gasteiger partial charge in [0.1, 0.15) is 0 Å². The van der Waals surface area contributed by atoms with Crippen LogP contribution in [0.25, 0.3) is 0 Å². The van der Waals surface area contributed by atoms with Crippen LogP contribution in [-0.2, 0) is 14.3 Å². The number of carbonyl (C=O) groups excluding carboxylic acids is 1. The number of rotatable bonds is 6. The zero-order valence-electron chi connectivity index (χ0n) is 9.22. The third-order valence-electron chi connectivity index (χ3n) is 2.40. The van der Waals surface area contributed by atoms with Crippen molar-refractivity contribution in [2.45, 2.75) is 25.0 Å². The van der Waals surface area contributed by atoms with Gasteiger partial charge < -0.3 is 25.0 Å². The first-order valence-electron chi connectivity index (χ1n) is 5.48. The van der Waals surface area contributed by atoms with E-state index in [1.165, 1.54) is 0 Å². The molecule has 94 valence electrons. The van der Waals surface area contributed by atoms with Crippen molar-refractivity contribution < 1.29 is 24.5 Å². The van der Waals surface area contributed by atoms with E-state index in [4.69, 9.17) is 19.7 Å². The minimum absolute atomic E-state index is 0.0331. The fourth-order valence-corrected chi connectivity index (χ4v) is 1.64. The van der Waals surface area contributed by atoms with Crippen molar-refractivity contribution in [2.75, 3.05) is 33.0 Å². The van der Waals surface area contributed by atoms with Gasteiger partial charge in [0.2, 0.25) is 5.91 Å². The van der Waals surface area contributed by atoms with Gasteiger partial charge in [-0.3, -0.25) is 4.79 Å². The Morgan fingerprint density at radius 3 is 2.94 bits per heavy atom. The summed E-state index contributed by atoms with van der Waals surface area (Å²) in [7, 11) is 0. The molecule has 0 aliphatic carbocycles. The lowest BCUT2D eigenvalue weighted by Crippen LogP contribution is -2.50. The van der Waals surface area contributed by atoms with E-state index in [0.29, 0.717) is 19.6 Å². The first-order valence-corrected chi connectivity index (χ1v) is 5.48. The van der Waals surface area contributed by atoms with Crippen molar-refractivity contribution >= 4 is 5.91 Å². The fourth-order valence-electron chi connectivity index (χ4n) is 1.64. The first-order chi connectivity index (χ1) is 7.77. The lowest BCUT2D eigenvalue weighted by molar-refractivity contribution is -0.127. The molecule has 1 fully saturated rings. The Morgan fingerprint density at radius 1 is 1.44 bits per heavy atom. The predicted molar refractivity (Wildman–Crippen MR) is 55.9 cm³/mol. The third kappa shape index (κ3) is 4.44. The van der Waals surface area contributed by atoms with Gasteiger partial charge in [-0.1, -0.05) is 0 Å². The van der Waals surface area contributed by atoms with E-state index in [0.717, 1.165) is 0 Å². The van der Waals surface area contributed by atoms with Crippen LogP contribution in [0.4, 0.5) is 0 Å². The zero-order valence-corrected chi connectivity index (χ0v) is 9.22. The van der Waals surface area contributed by atoms with Crippen LogP contribution in [0, 0.1) is 0 Å². The summed E-state index contributed by atoms with van der Waals surface area (Å²) >= 11 is 0. The molecule has 3 N–H and O–H groups in total. The van der Waals surface area contributed by atoms with Crippen molar-refractivity contribution in [3.63, 3.8) is 0 Å². The Morgan fingerprint density at radius 2 is 2.25 bits per heavy atom. The molecule has 1 aliphatic heterocycles. The molecule has 0 radical (unpaired) electrons. The second-order valence-corrected chi connectivity index (χ2v) is 3.64. The molecule has 0 bridgehead atoms. The maximum absolute atomic E-state index is 11.3. The van der Waals surface area contributed by atoms with E-state index in [2.05, 4.69) is 5.32 Å². The molecule has 1 saturated heterocycles. The smallest absolute Gasteiger partial charge is 0.222 e. The third-order valence-corrected chi connectivity index (χ3v) is 2.40. The highest BCUT2D eigenvalue weighted by Gasteiger charge is 2.27. The topological polar surface area (TPSA) is 88.0 Å². The summed E-state index contributed by atoms with van der Waals surface area (Å²) in [6.45, 7) is 1.07. The normalized spacial score (nSPS) is 25.4. The van der Waals surface area contributed by atoms with Crippen molar-refractivity contribution in [3.8, 4) is 0 Å². The molecule has 1 amide bonds. The molecule has 0 aromatic heterocycles. The summed E-state index contributed by atoms with van der Waals surface area (Å²) < 4.78 is 10.7. The minimum Gasteiger partial charge on any atom is -0.396 e. The van der Waals surface area contributed by atoms with Crippen LogP contribution >= 0.6 is 0 Å². The average Bonchev–Trinajstić information content (AvgIpc) is 2.28. The monoisotopic (exact) mass is 233 g/mol. The molecule has 1 rings (SSSR count). The number of nitrogens with one attached hydrogen (secondary N) is 1. The molecule has 16 heavy (non-hydrogen) atoms. The van der Waals surface area contributed by atoms with Gasteiger partial charge in [-0.05, 0) is 6.42 Å². The van der Waals surface area contributed by atoms with Crippen molar-refractivity contribution in [3.05, 3.63) is 0 Å². The number of carbonyl (C=O) groups is 1. The number of hydrogen-bond donors (Lipinski definition) is 3. The zero-order chi connectivity index (χ0) is 11.8. The lowest BCUT2D eigenvalue weighted by atomic mass is 10.1. The van der Waals surface area contributed by atoms with Gasteiger partial charge in [0.05, 0.1) is 38.6 Å². The number of hydrogen-bond acceptors (Lipinski definition) is 5. The Kier molecular flexibility index (Phi) is 6.32. The largest absolute Gasteiger partial charge is 0.396 e. The highest BCUT2D eigenvalue weighted by atomic mass is 16.5. The quantitative estimate of drug-likeness (QED) is 0.528. The summed E-state index contributed by atoms with van der Waals surface area (Å²) in [6.07, 6.45) is 0.663. The Labute approximate surface area is 94.5 Å². The van der Waals surface area contributed by atoms with Crippen LogP contribution in [0.15, 0.2) is 0 Å². The van der Waals surface area contributed by atoms with Crippen molar-refractivity contribution in [1.82, 2.24) is 5.32 Å². The van der Waals surface area contributed by atoms with Gasteiger partial charge in [0.15, 0.2) is 0 Å². The van der Waals surface area contributed by atoms with E-state index in [1.54, 1.807) is 0 Å². The molecule has 0 aromatic carbocycles. The SMILES string of the molecule is O=C(CCO)N[C@@H]1COCC[C@@H]1OCCO. The van der Waals surface area contributed by atoms with Gasteiger partial charge in [-0.15, -0.1) is 0 Å². The number of amides is 1. The molecule has 0 saturated carbocycles.